The van der Waals surface area contributed by atoms with E-state index in [9.17, 15) is 9.59 Å². The van der Waals surface area contributed by atoms with Crippen molar-refractivity contribution in [2.24, 2.45) is 0 Å². The Morgan fingerprint density at radius 1 is 1.45 bits per heavy atom. The van der Waals surface area contributed by atoms with E-state index < -0.39 is 0 Å². The van der Waals surface area contributed by atoms with Gasteiger partial charge in [-0.05, 0) is 12.1 Å². The van der Waals surface area contributed by atoms with Crippen LogP contribution in [0.2, 0.25) is 0 Å². The molecule has 1 amide bonds. The highest BCUT2D eigenvalue weighted by Crippen LogP contribution is 2.06. The van der Waals surface area contributed by atoms with Gasteiger partial charge in [-0.2, -0.15) is 5.10 Å². The van der Waals surface area contributed by atoms with Gasteiger partial charge in [0.15, 0.2) is 0 Å². The average Bonchev–Trinajstić information content (AvgIpc) is 3.06. The van der Waals surface area contributed by atoms with Crippen molar-refractivity contribution in [1.29, 1.82) is 0 Å². The first kappa shape index (κ1) is 12.2. The van der Waals surface area contributed by atoms with Gasteiger partial charge in [0.05, 0.1) is 18.0 Å². The van der Waals surface area contributed by atoms with E-state index in [0.717, 1.165) is 5.52 Å². The van der Waals surface area contributed by atoms with Gasteiger partial charge < -0.3 is 9.72 Å². The number of nitrogens with one attached hydrogen (secondary N) is 3. The number of H-pyrrole nitrogens is 2. The third kappa shape index (κ3) is 2.44. The lowest BCUT2D eigenvalue weighted by Crippen LogP contribution is -2.26. The Kier molecular flexibility index (Phi) is 3.04. The second-order valence-electron chi connectivity index (χ2n) is 4.27. The predicted octanol–water partition coefficient (Wildman–Crippen LogP) is -0.282. The van der Waals surface area contributed by atoms with Gasteiger partial charge in [0.2, 0.25) is 0 Å². The molecule has 0 bridgehead atoms. The van der Waals surface area contributed by atoms with Gasteiger partial charge in [0, 0.05) is 24.7 Å². The van der Waals surface area contributed by atoms with Gasteiger partial charge in [0.1, 0.15) is 5.82 Å². The summed E-state index contributed by atoms with van der Waals surface area (Å²) in [5.41, 5.74) is 1.07. The Bertz CT molecular complexity index is 799. The maximum absolute atomic E-state index is 12.0. The first-order valence-corrected chi connectivity index (χ1v) is 6.06. The third-order valence-electron chi connectivity index (χ3n) is 2.87. The number of aromatic amines is 2. The molecule has 0 spiro atoms. The number of fused-ring (bicyclic) bond motifs is 1. The lowest BCUT2D eigenvalue weighted by atomic mass is 10.2. The quantitative estimate of drug-likeness (QED) is 0.607. The first-order chi connectivity index (χ1) is 9.72. The number of aromatic nitrogens is 5. The van der Waals surface area contributed by atoms with Crippen LogP contribution < -0.4 is 11.0 Å². The van der Waals surface area contributed by atoms with Crippen molar-refractivity contribution in [2.45, 2.75) is 6.42 Å². The number of carbonyl (C=O) groups excluding carboxylic acids is 1. The molecule has 3 aromatic rings. The smallest absolute Gasteiger partial charge is 0.340 e. The first-order valence-electron chi connectivity index (χ1n) is 6.06. The molecule has 0 unspecified atom stereocenters. The summed E-state index contributed by atoms with van der Waals surface area (Å²) in [6.45, 7) is 0.393. The van der Waals surface area contributed by atoms with Gasteiger partial charge >= 0.3 is 5.69 Å². The molecule has 3 N–H and O–H groups in total. The molecule has 3 heterocycles. The Morgan fingerprint density at radius 3 is 3.15 bits per heavy atom. The van der Waals surface area contributed by atoms with Crippen molar-refractivity contribution in [3.05, 3.63) is 52.7 Å². The maximum atomic E-state index is 12.0. The molecule has 3 rings (SSSR count). The van der Waals surface area contributed by atoms with E-state index in [1.54, 1.807) is 30.9 Å². The lowest BCUT2D eigenvalue weighted by Gasteiger charge is -2.04. The molecule has 0 aliphatic carbocycles. The maximum Gasteiger partial charge on any atom is 0.340 e. The summed E-state index contributed by atoms with van der Waals surface area (Å²) in [6.07, 6.45) is 5.60. The summed E-state index contributed by atoms with van der Waals surface area (Å²) in [7, 11) is 0. The Hall–Kier alpha value is -2.90. The SMILES string of the molecule is O=C(NCCc1n[nH]c(=O)[nH]1)c1ccn2cncc2c1. The molecule has 0 fully saturated rings. The molecule has 20 heavy (non-hydrogen) atoms. The topological polar surface area (TPSA) is 108 Å². The van der Waals surface area contributed by atoms with Crippen LogP contribution in [0.4, 0.5) is 0 Å². The largest absolute Gasteiger partial charge is 0.352 e. The zero-order valence-electron chi connectivity index (χ0n) is 10.5. The molecule has 102 valence electrons. The van der Waals surface area contributed by atoms with Crippen LogP contribution in [0.5, 0.6) is 0 Å². The molecule has 0 radical (unpaired) electrons. The number of amides is 1. The fraction of sp³-hybridized carbons (Fsp3) is 0.167. The van der Waals surface area contributed by atoms with Crippen molar-refractivity contribution in [2.75, 3.05) is 6.54 Å². The molecular weight excluding hydrogens is 260 g/mol. The molecule has 0 saturated carbocycles. The van der Waals surface area contributed by atoms with E-state index in [-0.39, 0.29) is 11.6 Å². The Morgan fingerprint density at radius 2 is 2.35 bits per heavy atom. The van der Waals surface area contributed by atoms with Crippen molar-refractivity contribution in [1.82, 2.24) is 29.9 Å². The summed E-state index contributed by atoms with van der Waals surface area (Å²) in [5, 5.41) is 8.80. The molecule has 0 aliphatic rings. The summed E-state index contributed by atoms with van der Waals surface area (Å²) >= 11 is 0. The van der Waals surface area contributed by atoms with Gasteiger partial charge in [-0.15, -0.1) is 0 Å². The number of imidazole rings is 1. The monoisotopic (exact) mass is 272 g/mol. The second-order valence-corrected chi connectivity index (χ2v) is 4.27. The van der Waals surface area contributed by atoms with Crippen LogP contribution in [0, 0.1) is 0 Å². The number of rotatable bonds is 4. The fourth-order valence-electron chi connectivity index (χ4n) is 1.88. The van der Waals surface area contributed by atoms with Crippen LogP contribution in [0.3, 0.4) is 0 Å². The van der Waals surface area contributed by atoms with Gasteiger partial charge in [0.25, 0.3) is 5.91 Å². The standard InChI is InChI=1S/C12H12N6O2/c19-11(14-3-1-10-15-12(20)17-16-10)8-2-4-18-7-13-6-9(18)5-8/h2,4-7H,1,3H2,(H,14,19)(H2,15,16,17,20). The molecule has 0 aromatic carbocycles. The second kappa shape index (κ2) is 5.00. The molecule has 3 aromatic heterocycles. The van der Waals surface area contributed by atoms with E-state index in [0.29, 0.717) is 24.4 Å². The van der Waals surface area contributed by atoms with E-state index in [1.807, 2.05) is 4.40 Å². The molecule has 0 aliphatic heterocycles. The van der Waals surface area contributed by atoms with Crippen LogP contribution >= 0.6 is 0 Å². The van der Waals surface area contributed by atoms with Gasteiger partial charge in [-0.25, -0.2) is 14.9 Å². The van der Waals surface area contributed by atoms with Crippen LogP contribution in [-0.2, 0) is 6.42 Å². The molecule has 8 nitrogen and oxygen atoms in total. The zero-order valence-corrected chi connectivity index (χ0v) is 10.5. The molecular formula is C12H12N6O2. The van der Waals surface area contributed by atoms with Crippen LogP contribution in [0.1, 0.15) is 16.2 Å². The summed E-state index contributed by atoms with van der Waals surface area (Å²) < 4.78 is 1.82. The van der Waals surface area contributed by atoms with Crippen molar-refractivity contribution < 1.29 is 4.79 Å². The van der Waals surface area contributed by atoms with E-state index in [1.165, 1.54) is 0 Å². The number of pyridine rings is 1. The zero-order chi connectivity index (χ0) is 13.9. The normalized spacial score (nSPS) is 10.8. The third-order valence-corrected chi connectivity index (χ3v) is 2.87. The highest BCUT2D eigenvalue weighted by Gasteiger charge is 2.06. The van der Waals surface area contributed by atoms with Crippen molar-refractivity contribution >= 4 is 11.4 Å². The van der Waals surface area contributed by atoms with E-state index in [4.69, 9.17) is 0 Å². The summed E-state index contributed by atoms with van der Waals surface area (Å²) in [6, 6.07) is 3.49. The fourth-order valence-corrected chi connectivity index (χ4v) is 1.88. The van der Waals surface area contributed by atoms with Crippen LogP contribution in [0.15, 0.2) is 35.6 Å². The highest BCUT2D eigenvalue weighted by molar-refractivity contribution is 5.95. The van der Waals surface area contributed by atoms with Crippen molar-refractivity contribution in [3.8, 4) is 0 Å². The highest BCUT2D eigenvalue weighted by atomic mass is 16.2. The molecule has 0 atom stereocenters. The van der Waals surface area contributed by atoms with E-state index in [2.05, 4.69) is 25.5 Å². The van der Waals surface area contributed by atoms with Crippen LogP contribution in [0.25, 0.3) is 5.52 Å². The summed E-state index contributed by atoms with van der Waals surface area (Å²) in [4.78, 5) is 29.3. The van der Waals surface area contributed by atoms with E-state index >= 15 is 0 Å². The number of nitrogens with zero attached hydrogens (tertiary/aromatic N) is 3. The minimum absolute atomic E-state index is 0.174. The Balaban J connectivity index is 1.62. The van der Waals surface area contributed by atoms with Crippen LogP contribution in [-0.4, -0.2) is 37.0 Å². The van der Waals surface area contributed by atoms with Gasteiger partial charge in [-0.3, -0.25) is 9.78 Å². The van der Waals surface area contributed by atoms with Crippen molar-refractivity contribution in [3.63, 3.8) is 0 Å². The number of carbonyl (C=O) groups is 1. The minimum atomic E-state index is -0.350. The molecule has 0 saturated heterocycles. The number of hydrogen-bond acceptors (Lipinski definition) is 4. The average molecular weight is 272 g/mol. The lowest BCUT2D eigenvalue weighted by molar-refractivity contribution is 0.0954. The number of hydrogen-bond donors (Lipinski definition) is 3. The summed E-state index contributed by atoms with van der Waals surface area (Å²) in [5.74, 6) is 0.341. The minimum Gasteiger partial charge on any atom is -0.352 e. The Labute approximate surface area is 112 Å². The van der Waals surface area contributed by atoms with Gasteiger partial charge in [-0.1, -0.05) is 0 Å². The molecule has 8 heteroatoms. The predicted molar refractivity (Wildman–Crippen MR) is 70.4 cm³/mol.